The van der Waals surface area contributed by atoms with E-state index in [-0.39, 0.29) is 10.8 Å². The summed E-state index contributed by atoms with van der Waals surface area (Å²) in [5.41, 5.74) is -1.98. The fourth-order valence-electron chi connectivity index (χ4n) is 1.64. The van der Waals surface area contributed by atoms with Gasteiger partial charge >= 0.3 is 13.2 Å². The van der Waals surface area contributed by atoms with Gasteiger partial charge in [0.15, 0.2) is 0 Å². The molecular weight excluding hydrogens is 259 g/mol. The van der Waals surface area contributed by atoms with Gasteiger partial charge in [0, 0.05) is 12.4 Å². The van der Waals surface area contributed by atoms with Gasteiger partial charge in [-0.05, 0) is 22.9 Å². The SMILES string of the molecule is F[B-](F)(F)c1cncc2cc(C(F)(F)F)ccc12. The predicted octanol–water partition coefficient (Wildman–Crippen LogP) is 3.31. The summed E-state index contributed by atoms with van der Waals surface area (Å²) in [6.07, 6.45) is -2.99. The molecule has 1 nitrogen and oxygen atoms in total. The largest absolute Gasteiger partial charge is 0.511 e. The number of rotatable bonds is 1. The van der Waals surface area contributed by atoms with E-state index in [0.717, 1.165) is 12.3 Å². The molecule has 0 spiro atoms. The first kappa shape index (κ1) is 12.7. The topological polar surface area (TPSA) is 12.9 Å². The van der Waals surface area contributed by atoms with Crippen LogP contribution in [0.4, 0.5) is 26.1 Å². The van der Waals surface area contributed by atoms with Crippen molar-refractivity contribution in [1.29, 1.82) is 0 Å². The Balaban J connectivity index is 2.68. The van der Waals surface area contributed by atoms with Gasteiger partial charge in [-0.15, -0.1) is 0 Å². The molecule has 0 unspecified atom stereocenters. The zero-order valence-electron chi connectivity index (χ0n) is 8.68. The van der Waals surface area contributed by atoms with Crippen LogP contribution in [0.1, 0.15) is 5.56 Å². The Morgan fingerprint density at radius 2 is 1.67 bits per heavy atom. The maximum absolute atomic E-state index is 12.7. The van der Waals surface area contributed by atoms with Crippen molar-refractivity contribution < 1.29 is 26.1 Å². The van der Waals surface area contributed by atoms with Crippen molar-refractivity contribution >= 4 is 23.2 Å². The van der Waals surface area contributed by atoms with Crippen LogP contribution in [0.5, 0.6) is 0 Å². The van der Waals surface area contributed by atoms with E-state index in [9.17, 15) is 26.1 Å². The minimum atomic E-state index is -5.30. The Kier molecular flexibility index (Phi) is 2.75. The first-order valence-corrected chi connectivity index (χ1v) is 4.84. The Bertz CT molecular complexity index is 589. The van der Waals surface area contributed by atoms with Crippen LogP contribution in [-0.2, 0) is 6.18 Å². The van der Waals surface area contributed by atoms with Crippen LogP contribution in [0.25, 0.3) is 10.8 Å². The fourth-order valence-corrected chi connectivity index (χ4v) is 1.64. The Morgan fingerprint density at radius 3 is 2.22 bits per heavy atom. The molecule has 0 saturated heterocycles. The molecule has 0 amide bonds. The molecule has 2 rings (SSSR count). The first-order valence-electron chi connectivity index (χ1n) is 4.84. The molecule has 96 valence electrons. The van der Waals surface area contributed by atoms with Gasteiger partial charge in [0.25, 0.3) is 0 Å². The Labute approximate surface area is 97.5 Å². The monoisotopic (exact) mass is 264 g/mol. The molecule has 0 radical (unpaired) electrons. The number of nitrogens with zero attached hydrogens (tertiary/aromatic N) is 1. The van der Waals surface area contributed by atoms with Crippen LogP contribution in [0.15, 0.2) is 30.6 Å². The number of alkyl halides is 3. The second-order valence-corrected chi connectivity index (χ2v) is 3.74. The molecule has 18 heavy (non-hydrogen) atoms. The fraction of sp³-hybridized carbons (Fsp3) is 0.100. The van der Waals surface area contributed by atoms with Gasteiger partial charge < -0.3 is 12.9 Å². The van der Waals surface area contributed by atoms with Crippen LogP contribution < -0.4 is 5.46 Å². The summed E-state index contributed by atoms with van der Waals surface area (Å²) >= 11 is 0. The minimum Gasteiger partial charge on any atom is -0.445 e. The Hall–Kier alpha value is -1.73. The maximum Gasteiger partial charge on any atom is 0.511 e. The highest BCUT2D eigenvalue weighted by Crippen LogP contribution is 2.31. The highest BCUT2D eigenvalue weighted by Gasteiger charge is 2.32. The molecule has 0 bridgehead atoms. The standard InChI is InChI=1S/C10H5BF6N/c12-10(13,14)7-1-2-8-6(3-7)4-18-5-9(8)11(15,16)17/h1-5H/q-1. The molecule has 0 aliphatic rings. The molecule has 0 aliphatic carbocycles. The van der Waals surface area contributed by atoms with Gasteiger partial charge in [0.05, 0.1) is 5.56 Å². The van der Waals surface area contributed by atoms with E-state index in [2.05, 4.69) is 4.98 Å². The molecule has 8 heteroatoms. The van der Waals surface area contributed by atoms with Crippen LogP contribution in [0.3, 0.4) is 0 Å². The summed E-state index contributed by atoms with van der Waals surface area (Å²) in [5, 5.41) is -0.452. The van der Waals surface area contributed by atoms with Crippen molar-refractivity contribution in [1.82, 2.24) is 4.98 Å². The van der Waals surface area contributed by atoms with Crippen molar-refractivity contribution in [3.8, 4) is 0 Å². The zero-order chi connectivity index (χ0) is 13.6. The van der Waals surface area contributed by atoms with E-state index in [1.165, 1.54) is 0 Å². The lowest BCUT2D eigenvalue weighted by Crippen LogP contribution is -2.35. The highest BCUT2D eigenvalue weighted by atomic mass is 19.4. The quantitative estimate of drug-likeness (QED) is 0.568. The van der Waals surface area contributed by atoms with Gasteiger partial charge in [-0.1, -0.05) is 11.5 Å². The van der Waals surface area contributed by atoms with Gasteiger partial charge in [-0.25, -0.2) is 0 Å². The summed E-state index contributed by atoms with van der Waals surface area (Å²) in [6, 6.07) is 2.12. The van der Waals surface area contributed by atoms with E-state index in [1.54, 1.807) is 0 Å². The van der Waals surface area contributed by atoms with Crippen molar-refractivity contribution in [2.24, 2.45) is 0 Å². The van der Waals surface area contributed by atoms with E-state index < -0.39 is 24.2 Å². The summed E-state index contributed by atoms with van der Waals surface area (Å²) < 4.78 is 75.2. The summed E-state index contributed by atoms with van der Waals surface area (Å²) in [7, 11) is 0. The number of halogens is 6. The molecule has 0 saturated carbocycles. The number of benzene rings is 1. The van der Waals surface area contributed by atoms with E-state index in [4.69, 9.17) is 0 Å². The number of hydrogen-bond acceptors (Lipinski definition) is 1. The molecule has 1 aromatic carbocycles. The van der Waals surface area contributed by atoms with Gasteiger partial charge in [-0.2, -0.15) is 13.2 Å². The lowest BCUT2D eigenvalue weighted by atomic mass is 9.78. The minimum absolute atomic E-state index is 0.179. The summed E-state index contributed by atoms with van der Waals surface area (Å²) in [4.78, 5) is 3.33. The number of aromatic nitrogens is 1. The molecule has 0 fully saturated rings. The lowest BCUT2D eigenvalue weighted by molar-refractivity contribution is -0.137. The first-order chi connectivity index (χ1) is 8.19. The number of pyridine rings is 1. The van der Waals surface area contributed by atoms with E-state index in [0.29, 0.717) is 18.3 Å². The molecule has 1 aromatic heterocycles. The molecule has 1 heterocycles. The third kappa shape index (κ3) is 2.27. The molecular formula is C10H5BF6N-. The average Bonchev–Trinajstić information content (AvgIpc) is 2.25. The maximum atomic E-state index is 12.7. The Morgan fingerprint density at radius 1 is 1.00 bits per heavy atom. The van der Waals surface area contributed by atoms with Crippen molar-refractivity contribution in [2.45, 2.75) is 6.18 Å². The molecule has 0 atom stereocenters. The summed E-state index contributed by atoms with van der Waals surface area (Å²) in [6.45, 7) is -5.30. The van der Waals surface area contributed by atoms with Gasteiger partial charge in [0.1, 0.15) is 0 Å². The molecule has 2 aromatic rings. The van der Waals surface area contributed by atoms with Gasteiger partial charge in [0.2, 0.25) is 0 Å². The normalized spacial score (nSPS) is 13.0. The number of hydrogen-bond donors (Lipinski definition) is 0. The van der Waals surface area contributed by atoms with Crippen LogP contribution >= 0.6 is 0 Å². The van der Waals surface area contributed by atoms with Crippen molar-refractivity contribution in [2.75, 3.05) is 0 Å². The third-order valence-electron chi connectivity index (χ3n) is 2.47. The van der Waals surface area contributed by atoms with Crippen molar-refractivity contribution in [3.05, 3.63) is 36.2 Å². The second-order valence-electron chi connectivity index (χ2n) is 3.74. The van der Waals surface area contributed by atoms with E-state index >= 15 is 0 Å². The van der Waals surface area contributed by atoms with Crippen molar-refractivity contribution in [3.63, 3.8) is 0 Å². The van der Waals surface area contributed by atoms with Crippen LogP contribution in [0, 0.1) is 0 Å². The highest BCUT2D eigenvalue weighted by molar-refractivity contribution is 6.75. The van der Waals surface area contributed by atoms with Crippen LogP contribution in [0.2, 0.25) is 0 Å². The average molecular weight is 264 g/mol. The second kappa shape index (κ2) is 3.89. The summed E-state index contributed by atoms with van der Waals surface area (Å²) in [5.74, 6) is 0. The van der Waals surface area contributed by atoms with Crippen LogP contribution in [-0.4, -0.2) is 12.0 Å². The third-order valence-corrected chi connectivity index (χ3v) is 2.47. The van der Waals surface area contributed by atoms with Gasteiger partial charge in [-0.3, -0.25) is 4.98 Å². The molecule has 0 aliphatic heterocycles. The predicted molar refractivity (Wildman–Crippen MR) is 55.5 cm³/mol. The zero-order valence-corrected chi connectivity index (χ0v) is 8.68. The van der Waals surface area contributed by atoms with E-state index in [1.807, 2.05) is 0 Å². The number of fused-ring (bicyclic) bond motifs is 1. The smallest absolute Gasteiger partial charge is 0.445 e. The lowest BCUT2D eigenvalue weighted by Gasteiger charge is -2.17. The molecule has 0 N–H and O–H groups in total.